The SMILES string of the molecule is CCOC(=O)Cc1c(/C=C/c2ccccc2OC)[nH]c2ccccc12. The van der Waals surface area contributed by atoms with Crippen molar-refractivity contribution in [1.29, 1.82) is 0 Å². The quantitative estimate of drug-likeness (QED) is 0.677. The second-order valence-corrected chi connectivity index (χ2v) is 5.62. The number of benzene rings is 2. The van der Waals surface area contributed by atoms with E-state index in [-0.39, 0.29) is 12.4 Å². The molecule has 1 aromatic heterocycles. The van der Waals surface area contributed by atoms with Gasteiger partial charge in [-0.25, -0.2) is 0 Å². The van der Waals surface area contributed by atoms with E-state index in [2.05, 4.69) is 4.98 Å². The summed E-state index contributed by atoms with van der Waals surface area (Å²) in [6, 6.07) is 15.8. The summed E-state index contributed by atoms with van der Waals surface area (Å²) in [5, 5.41) is 1.04. The maximum Gasteiger partial charge on any atom is 0.310 e. The van der Waals surface area contributed by atoms with Crippen molar-refractivity contribution in [3.8, 4) is 5.75 Å². The Morgan fingerprint density at radius 1 is 1.08 bits per heavy atom. The number of aromatic nitrogens is 1. The molecule has 1 N–H and O–H groups in total. The van der Waals surface area contributed by atoms with Gasteiger partial charge < -0.3 is 14.5 Å². The lowest BCUT2D eigenvalue weighted by atomic mass is 10.1. The van der Waals surface area contributed by atoms with Gasteiger partial charge in [-0.3, -0.25) is 4.79 Å². The molecule has 0 saturated heterocycles. The van der Waals surface area contributed by atoms with E-state index in [1.807, 2.05) is 67.6 Å². The third kappa shape index (κ3) is 3.74. The number of H-pyrrole nitrogens is 1. The zero-order valence-corrected chi connectivity index (χ0v) is 14.4. The Hall–Kier alpha value is -3.01. The van der Waals surface area contributed by atoms with Crippen molar-refractivity contribution in [1.82, 2.24) is 4.98 Å². The molecular formula is C21H21NO3. The van der Waals surface area contributed by atoms with Crippen LogP contribution >= 0.6 is 0 Å². The van der Waals surface area contributed by atoms with E-state index in [4.69, 9.17) is 9.47 Å². The van der Waals surface area contributed by atoms with Crippen molar-refractivity contribution in [3.63, 3.8) is 0 Å². The summed E-state index contributed by atoms with van der Waals surface area (Å²) in [6.45, 7) is 2.20. The summed E-state index contributed by atoms with van der Waals surface area (Å²) in [4.78, 5) is 15.4. The average Bonchev–Trinajstić information content (AvgIpc) is 2.98. The average molecular weight is 335 g/mol. The van der Waals surface area contributed by atoms with Crippen molar-refractivity contribution in [3.05, 3.63) is 65.4 Å². The van der Waals surface area contributed by atoms with Crippen LogP contribution in [0.4, 0.5) is 0 Å². The molecule has 4 nitrogen and oxygen atoms in total. The minimum absolute atomic E-state index is 0.223. The monoisotopic (exact) mass is 335 g/mol. The van der Waals surface area contributed by atoms with Crippen LogP contribution in [0.25, 0.3) is 23.1 Å². The van der Waals surface area contributed by atoms with Gasteiger partial charge in [0.15, 0.2) is 0 Å². The number of rotatable bonds is 6. The van der Waals surface area contributed by atoms with Gasteiger partial charge in [-0.05, 0) is 36.8 Å². The zero-order chi connectivity index (χ0) is 17.6. The van der Waals surface area contributed by atoms with E-state index in [0.717, 1.165) is 33.5 Å². The van der Waals surface area contributed by atoms with Crippen LogP contribution in [0.5, 0.6) is 5.75 Å². The molecule has 128 valence electrons. The lowest BCUT2D eigenvalue weighted by Crippen LogP contribution is -2.07. The van der Waals surface area contributed by atoms with Gasteiger partial charge in [-0.15, -0.1) is 0 Å². The van der Waals surface area contributed by atoms with Crippen molar-refractivity contribution >= 4 is 29.0 Å². The Labute approximate surface area is 147 Å². The van der Waals surface area contributed by atoms with E-state index in [1.54, 1.807) is 7.11 Å². The first-order valence-corrected chi connectivity index (χ1v) is 8.29. The molecule has 0 aliphatic heterocycles. The van der Waals surface area contributed by atoms with Gasteiger partial charge in [0.2, 0.25) is 0 Å². The van der Waals surface area contributed by atoms with Crippen molar-refractivity contribution in [2.24, 2.45) is 0 Å². The summed E-state index contributed by atoms with van der Waals surface area (Å²) in [6.07, 6.45) is 4.20. The predicted octanol–water partition coefficient (Wildman–Crippen LogP) is 4.45. The fraction of sp³-hybridized carbons (Fsp3) is 0.190. The third-order valence-corrected chi connectivity index (χ3v) is 4.04. The number of methoxy groups -OCH3 is 1. The highest BCUT2D eigenvalue weighted by molar-refractivity contribution is 5.92. The van der Waals surface area contributed by atoms with E-state index in [0.29, 0.717) is 6.61 Å². The zero-order valence-electron chi connectivity index (χ0n) is 14.4. The number of ether oxygens (including phenoxy) is 2. The highest BCUT2D eigenvalue weighted by Crippen LogP contribution is 2.26. The van der Waals surface area contributed by atoms with Crippen molar-refractivity contribution in [2.75, 3.05) is 13.7 Å². The number of carbonyl (C=O) groups excluding carboxylic acids is 1. The molecule has 0 bridgehead atoms. The summed E-state index contributed by atoms with van der Waals surface area (Å²) in [7, 11) is 1.65. The fourth-order valence-corrected chi connectivity index (χ4v) is 2.89. The molecular weight excluding hydrogens is 314 g/mol. The van der Waals surface area contributed by atoms with Gasteiger partial charge in [-0.2, -0.15) is 0 Å². The Kier molecular flexibility index (Phi) is 5.19. The molecule has 3 aromatic rings. The molecule has 4 heteroatoms. The molecule has 0 fully saturated rings. The topological polar surface area (TPSA) is 51.3 Å². The van der Waals surface area contributed by atoms with Crippen LogP contribution in [-0.2, 0) is 16.0 Å². The molecule has 3 rings (SSSR count). The second kappa shape index (κ2) is 7.71. The molecule has 0 radical (unpaired) electrons. The predicted molar refractivity (Wildman–Crippen MR) is 101 cm³/mol. The highest BCUT2D eigenvalue weighted by atomic mass is 16.5. The summed E-state index contributed by atoms with van der Waals surface area (Å²) < 4.78 is 10.5. The highest BCUT2D eigenvalue weighted by Gasteiger charge is 2.14. The number of hydrogen-bond acceptors (Lipinski definition) is 3. The number of hydrogen-bond donors (Lipinski definition) is 1. The van der Waals surface area contributed by atoms with Gasteiger partial charge in [-0.1, -0.05) is 36.4 Å². The van der Waals surface area contributed by atoms with Gasteiger partial charge >= 0.3 is 5.97 Å². The van der Waals surface area contributed by atoms with Gasteiger partial charge in [0.1, 0.15) is 5.75 Å². The van der Waals surface area contributed by atoms with Gasteiger partial charge in [0.25, 0.3) is 0 Å². The Bertz CT molecular complexity index is 908. The minimum Gasteiger partial charge on any atom is -0.496 e. The number of nitrogens with one attached hydrogen (secondary N) is 1. The number of aromatic amines is 1. The normalized spacial score (nSPS) is 11.1. The Morgan fingerprint density at radius 3 is 2.64 bits per heavy atom. The first-order valence-electron chi connectivity index (χ1n) is 8.29. The molecule has 0 aliphatic rings. The fourth-order valence-electron chi connectivity index (χ4n) is 2.89. The van der Waals surface area contributed by atoms with E-state index < -0.39 is 0 Å². The van der Waals surface area contributed by atoms with Crippen LogP contribution in [0.1, 0.15) is 23.7 Å². The molecule has 0 aliphatic carbocycles. The van der Waals surface area contributed by atoms with Crippen molar-refractivity contribution < 1.29 is 14.3 Å². The number of fused-ring (bicyclic) bond motifs is 1. The molecule has 0 spiro atoms. The van der Waals surface area contributed by atoms with Crippen LogP contribution in [-0.4, -0.2) is 24.7 Å². The van der Waals surface area contributed by atoms with Crippen LogP contribution in [0.15, 0.2) is 48.5 Å². The molecule has 2 aromatic carbocycles. The van der Waals surface area contributed by atoms with E-state index in [1.165, 1.54) is 0 Å². The molecule has 0 amide bonds. The molecule has 0 saturated carbocycles. The largest absolute Gasteiger partial charge is 0.496 e. The summed E-state index contributed by atoms with van der Waals surface area (Å²) in [5.74, 6) is 0.584. The Morgan fingerprint density at radius 2 is 1.84 bits per heavy atom. The van der Waals surface area contributed by atoms with Gasteiger partial charge in [0.05, 0.1) is 20.1 Å². The third-order valence-electron chi connectivity index (χ3n) is 4.04. The number of para-hydroxylation sites is 2. The standard InChI is InChI=1S/C21H21NO3/c1-3-25-21(23)14-17-16-9-5-6-10-18(16)22-19(17)13-12-15-8-4-7-11-20(15)24-2/h4-13,22H,3,14H2,1-2H3/b13-12+. The first-order chi connectivity index (χ1) is 12.2. The number of esters is 1. The maximum atomic E-state index is 12.0. The van der Waals surface area contributed by atoms with Crippen LogP contribution in [0.2, 0.25) is 0 Å². The lowest BCUT2D eigenvalue weighted by Gasteiger charge is -2.04. The smallest absolute Gasteiger partial charge is 0.310 e. The van der Waals surface area contributed by atoms with Crippen molar-refractivity contribution in [2.45, 2.75) is 13.3 Å². The second-order valence-electron chi connectivity index (χ2n) is 5.62. The van der Waals surface area contributed by atoms with Gasteiger partial charge in [0, 0.05) is 22.2 Å². The van der Waals surface area contributed by atoms with E-state index >= 15 is 0 Å². The Balaban J connectivity index is 2.00. The van der Waals surface area contributed by atoms with E-state index in [9.17, 15) is 4.79 Å². The molecule has 0 unspecified atom stereocenters. The molecule has 1 heterocycles. The minimum atomic E-state index is -0.223. The maximum absolute atomic E-state index is 12.0. The van der Waals surface area contributed by atoms with Crippen LogP contribution in [0, 0.1) is 0 Å². The summed E-state index contributed by atoms with van der Waals surface area (Å²) in [5.41, 5.74) is 3.83. The van der Waals surface area contributed by atoms with Crippen LogP contribution in [0.3, 0.4) is 0 Å². The number of carbonyl (C=O) groups is 1. The molecule has 25 heavy (non-hydrogen) atoms. The van der Waals surface area contributed by atoms with Crippen LogP contribution < -0.4 is 4.74 Å². The molecule has 0 atom stereocenters. The first kappa shape index (κ1) is 16.8. The lowest BCUT2D eigenvalue weighted by molar-refractivity contribution is -0.142. The summed E-state index contributed by atoms with van der Waals surface area (Å²) >= 11 is 0.